The zero-order chi connectivity index (χ0) is 12.3. The van der Waals surface area contributed by atoms with Gasteiger partial charge in [0.25, 0.3) is 0 Å². The molecule has 0 aromatic carbocycles. The van der Waals surface area contributed by atoms with Gasteiger partial charge in [0, 0.05) is 24.5 Å². The van der Waals surface area contributed by atoms with E-state index in [0.717, 1.165) is 44.5 Å². The molecule has 0 radical (unpaired) electrons. The van der Waals surface area contributed by atoms with E-state index in [1.54, 1.807) is 0 Å². The van der Waals surface area contributed by atoms with Crippen molar-refractivity contribution >= 4 is 17.4 Å². The summed E-state index contributed by atoms with van der Waals surface area (Å²) in [7, 11) is 0. The molecule has 2 nitrogen and oxygen atoms in total. The summed E-state index contributed by atoms with van der Waals surface area (Å²) in [6, 6.07) is 1.10. The number of pyridine rings is 1. The molecule has 1 fully saturated rings. The van der Waals surface area contributed by atoms with Crippen LogP contribution in [0.3, 0.4) is 0 Å². The quantitative estimate of drug-likeness (QED) is 0.775. The second-order valence-corrected chi connectivity index (χ2v) is 4.66. The maximum absolute atomic E-state index is 13.7. The average Bonchev–Trinajstić information content (AvgIpc) is 2.31. The Morgan fingerprint density at radius 2 is 2.24 bits per heavy atom. The maximum atomic E-state index is 13.7. The Balaban J connectivity index is 2.23. The van der Waals surface area contributed by atoms with Crippen LogP contribution >= 0.6 is 11.6 Å². The lowest BCUT2D eigenvalue weighted by Gasteiger charge is -2.36. The Hall–Kier alpha value is -0.900. The van der Waals surface area contributed by atoms with E-state index in [2.05, 4.69) is 4.98 Å². The van der Waals surface area contributed by atoms with Crippen LogP contribution < -0.4 is 4.90 Å². The smallest absolute Gasteiger partial charge is 0.168 e. The Labute approximate surface area is 105 Å². The third-order valence-corrected chi connectivity index (χ3v) is 3.35. The number of nitrogens with zero attached hydrogens (tertiary/aromatic N) is 2. The molecule has 0 saturated carbocycles. The monoisotopic (exact) mass is 260 g/mol. The third kappa shape index (κ3) is 2.86. The van der Waals surface area contributed by atoms with E-state index in [9.17, 15) is 8.78 Å². The molecule has 2 heterocycles. The normalized spacial score (nSPS) is 20.6. The van der Waals surface area contributed by atoms with Gasteiger partial charge in [0.2, 0.25) is 0 Å². The van der Waals surface area contributed by atoms with Crippen LogP contribution in [0.15, 0.2) is 12.3 Å². The Morgan fingerprint density at radius 1 is 1.41 bits per heavy atom. The summed E-state index contributed by atoms with van der Waals surface area (Å²) in [5, 5.41) is 0. The lowest BCUT2D eigenvalue weighted by atomic mass is 10.00. The molecule has 0 N–H and O–H groups in total. The minimum Gasteiger partial charge on any atom is -0.351 e. The highest BCUT2D eigenvalue weighted by molar-refractivity contribution is 6.17. The van der Waals surface area contributed by atoms with Crippen LogP contribution in [0.2, 0.25) is 0 Å². The Bertz CT molecular complexity index is 385. The molecule has 2 rings (SSSR count). The number of hydrogen-bond donors (Lipinski definition) is 0. The van der Waals surface area contributed by atoms with Gasteiger partial charge < -0.3 is 4.90 Å². The Morgan fingerprint density at radius 3 is 2.94 bits per heavy atom. The largest absolute Gasteiger partial charge is 0.351 e. The number of halogens is 3. The molecule has 1 saturated heterocycles. The zero-order valence-electron chi connectivity index (χ0n) is 9.50. The van der Waals surface area contributed by atoms with Gasteiger partial charge in [0.05, 0.1) is 6.20 Å². The zero-order valence-corrected chi connectivity index (χ0v) is 10.3. The summed E-state index contributed by atoms with van der Waals surface area (Å²) in [6.45, 7) is 0.761. The van der Waals surface area contributed by atoms with Gasteiger partial charge in [-0.15, -0.1) is 11.6 Å². The number of alkyl halides is 1. The molecular formula is C12H15ClF2N2. The van der Waals surface area contributed by atoms with Crippen LogP contribution in [-0.4, -0.2) is 23.5 Å². The van der Waals surface area contributed by atoms with Crippen molar-refractivity contribution in [3.05, 3.63) is 23.9 Å². The van der Waals surface area contributed by atoms with E-state index in [4.69, 9.17) is 11.6 Å². The van der Waals surface area contributed by atoms with Crippen molar-refractivity contribution in [2.75, 3.05) is 17.3 Å². The van der Waals surface area contributed by atoms with Crippen molar-refractivity contribution in [2.45, 2.75) is 31.7 Å². The molecule has 1 atom stereocenters. The molecule has 5 heteroatoms. The van der Waals surface area contributed by atoms with Gasteiger partial charge in [0.15, 0.2) is 11.6 Å². The first-order valence-corrected chi connectivity index (χ1v) is 6.39. The molecule has 0 aliphatic carbocycles. The first-order valence-electron chi connectivity index (χ1n) is 5.86. The predicted octanol–water partition coefficient (Wildman–Crippen LogP) is 3.35. The van der Waals surface area contributed by atoms with Gasteiger partial charge in [-0.3, -0.25) is 0 Å². The number of anilines is 1. The van der Waals surface area contributed by atoms with E-state index in [1.807, 2.05) is 4.90 Å². The summed E-state index contributed by atoms with van der Waals surface area (Å²) in [4.78, 5) is 5.78. The lowest BCUT2D eigenvalue weighted by Crippen LogP contribution is -2.41. The van der Waals surface area contributed by atoms with Crippen molar-refractivity contribution in [1.29, 1.82) is 0 Å². The SMILES string of the molecule is Fc1cnc(N2CCCCC2CCCl)c(F)c1. The summed E-state index contributed by atoms with van der Waals surface area (Å²) in [6.07, 6.45) is 4.99. The first-order chi connectivity index (χ1) is 8.22. The van der Waals surface area contributed by atoms with Crippen LogP contribution in [0, 0.1) is 11.6 Å². The third-order valence-electron chi connectivity index (χ3n) is 3.13. The molecule has 1 unspecified atom stereocenters. The van der Waals surface area contributed by atoms with Crippen LogP contribution in [-0.2, 0) is 0 Å². The van der Waals surface area contributed by atoms with Gasteiger partial charge in [-0.2, -0.15) is 0 Å². The van der Waals surface area contributed by atoms with E-state index in [-0.39, 0.29) is 11.9 Å². The van der Waals surface area contributed by atoms with Gasteiger partial charge in [-0.1, -0.05) is 0 Å². The van der Waals surface area contributed by atoms with Gasteiger partial charge in [-0.25, -0.2) is 13.8 Å². The molecule has 0 bridgehead atoms. The average molecular weight is 261 g/mol. The fourth-order valence-electron chi connectivity index (χ4n) is 2.32. The number of hydrogen-bond acceptors (Lipinski definition) is 2. The summed E-state index contributed by atoms with van der Waals surface area (Å²) < 4.78 is 26.5. The van der Waals surface area contributed by atoms with Gasteiger partial charge in [0.1, 0.15) is 5.82 Å². The molecule has 1 aliphatic rings. The fourth-order valence-corrected chi connectivity index (χ4v) is 2.58. The van der Waals surface area contributed by atoms with Crippen LogP contribution in [0.4, 0.5) is 14.6 Å². The molecule has 1 aromatic rings. The second kappa shape index (κ2) is 5.63. The topological polar surface area (TPSA) is 16.1 Å². The minimum atomic E-state index is -0.642. The lowest BCUT2D eigenvalue weighted by molar-refractivity contribution is 0.438. The van der Waals surface area contributed by atoms with E-state index >= 15 is 0 Å². The number of aromatic nitrogens is 1. The van der Waals surface area contributed by atoms with Crippen LogP contribution in [0.1, 0.15) is 25.7 Å². The predicted molar refractivity (Wildman–Crippen MR) is 64.5 cm³/mol. The highest BCUT2D eigenvalue weighted by atomic mass is 35.5. The maximum Gasteiger partial charge on any atom is 0.168 e. The fraction of sp³-hybridized carbons (Fsp3) is 0.583. The molecular weight excluding hydrogens is 246 g/mol. The van der Waals surface area contributed by atoms with E-state index in [1.165, 1.54) is 0 Å². The number of rotatable bonds is 3. The Kier molecular flexibility index (Phi) is 4.15. The molecule has 0 amide bonds. The van der Waals surface area contributed by atoms with Crippen molar-refractivity contribution in [3.63, 3.8) is 0 Å². The molecule has 17 heavy (non-hydrogen) atoms. The molecule has 1 aliphatic heterocycles. The van der Waals surface area contributed by atoms with Gasteiger partial charge >= 0.3 is 0 Å². The van der Waals surface area contributed by atoms with Crippen molar-refractivity contribution in [2.24, 2.45) is 0 Å². The van der Waals surface area contributed by atoms with Crippen molar-refractivity contribution in [1.82, 2.24) is 4.98 Å². The van der Waals surface area contributed by atoms with Crippen LogP contribution in [0.25, 0.3) is 0 Å². The van der Waals surface area contributed by atoms with Crippen molar-refractivity contribution in [3.8, 4) is 0 Å². The van der Waals surface area contributed by atoms with E-state index in [0.29, 0.717) is 5.88 Å². The summed E-state index contributed by atoms with van der Waals surface area (Å²) in [5.41, 5.74) is 0. The standard InChI is InChI=1S/C12H15ClF2N2/c13-5-4-10-3-1-2-6-17(10)12-11(15)7-9(14)8-16-12/h7-8,10H,1-6H2. The first kappa shape index (κ1) is 12.6. The van der Waals surface area contributed by atoms with Crippen LogP contribution in [0.5, 0.6) is 0 Å². The van der Waals surface area contributed by atoms with Gasteiger partial charge in [-0.05, 0) is 25.7 Å². The van der Waals surface area contributed by atoms with Crippen molar-refractivity contribution < 1.29 is 8.78 Å². The number of piperidine rings is 1. The summed E-state index contributed by atoms with van der Waals surface area (Å²) in [5.74, 6) is -0.436. The highest BCUT2D eigenvalue weighted by Crippen LogP contribution is 2.27. The highest BCUT2D eigenvalue weighted by Gasteiger charge is 2.25. The second-order valence-electron chi connectivity index (χ2n) is 4.28. The minimum absolute atomic E-state index is 0.216. The van der Waals surface area contributed by atoms with E-state index < -0.39 is 11.6 Å². The molecule has 94 valence electrons. The molecule has 1 aromatic heterocycles. The summed E-state index contributed by atoms with van der Waals surface area (Å²) >= 11 is 5.75. The molecule has 0 spiro atoms.